The number of nitrogens with two attached hydrogens (primary N) is 2. The maximum absolute atomic E-state index is 12.1. The Balaban J connectivity index is 0.000000155. The summed E-state index contributed by atoms with van der Waals surface area (Å²) >= 11 is 0. The molecule has 9 aliphatic heterocycles. The van der Waals surface area contributed by atoms with E-state index in [1.54, 1.807) is 86.8 Å². The highest BCUT2D eigenvalue weighted by Crippen LogP contribution is 2.31. The molecule has 0 unspecified atom stereocenters. The first-order valence-corrected chi connectivity index (χ1v) is 39.0. The SMILES string of the molecule is CN(C(N)=O)C1CCN(C=O)CC1.CNC(=O)N(C)C1CCN(C=O)CC1.NC(=O)NC1CCN(C=O)CC1.O=CN1CCC(N2C(=O)NCc3ccccc32)CC1.O=CN1CCC(N2Cc3cccnc3NC2=O)CC1.O=CN1CCC(n2c(=O)[nH]c3cncnc32)CC1.O=CN1CCC(n2cc(-c3ccccc3)[nH]c2=O)CC1. The fourth-order valence-electron chi connectivity index (χ4n) is 15.4. The number of rotatable bonds is 15. The molecule has 0 bridgehead atoms. The molecule has 0 spiro atoms. The Morgan fingerprint density at radius 2 is 0.983 bits per heavy atom. The number of H-pyrrole nitrogens is 2. The van der Waals surface area contributed by atoms with Crippen molar-refractivity contribution in [2.75, 3.05) is 123 Å². The molecular formula is C77H108N24O14. The first-order chi connectivity index (χ1) is 55.7. The number of amides is 17. The van der Waals surface area contributed by atoms with Crippen LogP contribution in [0.3, 0.4) is 0 Å². The summed E-state index contributed by atoms with van der Waals surface area (Å²) in [6, 6.07) is 21.8. The lowest BCUT2D eigenvalue weighted by molar-refractivity contribution is -0.120. The van der Waals surface area contributed by atoms with Gasteiger partial charge in [0.25, 0.3) is 0 Å². The van der Waals surface area contributed by atoms with E-state index in [2.05, 4.69) is 46.2 Å². The summed E-state index contributed by atoms with van der Waals surface area (Å²) in [5, 5.41) is 11.0. The van der Waals surface area contributed by atoms with Crippen molar-refractivity contribution in [2.24, 2.45) is 11.5 Å². The first-order valence-electron chi connectivity index (χ1n) is 39.0. The van der Waals surface area contributed by atoms with Gasteiger partial charge in [-0.2, -0.15) is 0 Å². The van der Waals surface area contributed by atoms with Gasteiger partial charge in [0.05, 0.1) is 24.1 Å². The predicted molar refractivity (Wildman–Crippen MR) is 426 cm³/mol. The van der Waals surface area contributed by atoms with Crippen molar-refractivity contribution in [3.8, 4) is 11.3 Å². The van der Waals surface area contributed by atoms with Crippen LogP contribution in [0, 0.1) is 0 Å². The Morgan fingerprint density at radius 3 is 1.50 bits per heavy atom. The van der Waals surface area contributed by atoms with Crippen LogP contribution in [0.2, 0.25) is 0 Å². The minimum Gasteiger partial charge on any atom is -0.352 e. The number of fused-ring (bicyclic) bond motifs is 3. The monoisotopic (exact) mass is 1590 g/mol. The molecule has 2 aromatic carbocycles. The molecule has 13 heterocycles. The molecule has 9 aliphatic rings. The predicted octanol–water partition coefficient (Wildman–Crippen LogP) is 2.71. The number of benzene rings is 2. The second kappa shape index (κ2) is 43.6. The highest BCUT2D eigenvalue weighted by Gasteiger charge is 2.35. The van der Waals surface area contributed by atoms with E-state index >= 15 is 0 Å². The number of pyridine rings is 1. The van der Waals surface area contributed by atoms with Gasteiger partial charge >= 0.3 is 41.5 Å². The molecular weight excluding hydrogens is 1490 g/mol. The number of carbonyl (C=O) groups is 12. The zero-order valence-electron chi connectivity index (χ0n) is 65.5. The van der Waals surface area contributed by atoms with E-state index in [1.807, 2.05) is 82.7 Å². The second-order valence-electron chi connectivity index (χ2n) is 29.3. The fraction of sp³-hybridized carbons (Fsp3) is 0.519. The smallest absolute Gasteiger partial charge is 0.327 e. The summed E-state index contributed by atoms with van der Waals surface area (Å²) in [5.41, 5.74) is 16.2. The Hall–Kier alpha value is -12.4. The molecule has 0 atom stereocenters. The second-order valence-corrected chi connectivity index (χ2v) is 29.3. The van der Waals surface area contributed by atoms with E-state index in [4.69, 9.17) is 11.5 Å². The molecule has 7 saturated heterocycles. The molecule has 0 saturated carbocycles. The van der Waals surface area contributed by atoms with Gasteiger partial charge in [-0.05, 0) is 113 Å². The summed E-state index contributed by atoms with van der Waals surface area (Å²) in [7, 11) is 5.11. The summed E-state index contributed by atoms with van der Waals surface area (Å²) in [6.45, 7) is 11.2. The van der Waals surface area contributed by atoms with Gasteiger partial charge in [0.15, 0.2) is 5.65 Å². The van der Waals surface area contributed by atoms with Gasteiger partial charge < -0.3 is 86.4 Å². The van der Waals surface area contributed by atoms with E-state index in [0.717, 1.165) is 202 Å². The Bertz CT molecular complexity index is 4290. The lowest BCUT2D eigenvalue weighted by Crippen LogP contribution is -2.53. The third-order valence-electron chi connectivity index (χ3n) is 22.3. The number of imidazole rings is 2. The van der Waals surface area contributed by atoms with E-state index in [9.17, 15) is 67.1 Å². The number of para-hydroxylation sites is 1. The van der Waals surface area contributed by atoms with Gasteiger partial charge in [-0.1, -0.05) is 54.6 Å². The molecule has 7 fully saturated rings. The average molecular weight is 1590 g/mol. The number of likely N-dealkylation sites (tertiary alicyclic amines) is 7. The summed E-state index contributed by atoms with van der Waals surface area (Å²) in [4.78, 5) is 192. The Labute approximate surface area is 666 Å². The zero-order valence-corrected chi connectivity index (χ0v) is 65.5. The standard InChI is InChI=1S/C15H17N3O2.C14H17N3O2.C13H16N4O2.C11H13N5O2.C9H17N3O2.C8H15N3O2.C7H13N3O2/c19-11-17-8-6-13(7-9-17)18-10-14(16-15(18)20)12-4-2-1-3-5-12;18-10-16-7-5-12(6-8-16)17-13-4-2-1-3-11(13)9-15-14(17)19;18-9-16-6-3-11(4-7-16)17-8-10-2-1-5-14-12(10)15-13(17)19;17-7-15-3-1-8(2-4-15)16-10-9(14-11(16)18)5-12-6-13-10;1-10-9(14)11(2)8-3-5-12(7-13)6-4-8;1-10(8(9)13)7-2-4-11(6-12)5-3-7;8-7(12)9-6-1-3-10(5-11)4-2-6/h1-5,10-11,13H,6-9H2,(H,16,20);1-4,10,12H,5-9H2,(H,15,19);1-2,5,9,11H,3-4,6-8H2,(H,14,15,19);5-8H,1-4H2,(H,14,18);7-8H,3-6H2,1-2H3,(H,10,14);6-7H,2-5H2,1H3,(H2,9,13);5-6H,1-4H2,(H3,8,9,12). The molecule has 4 aromatic heterocycles. The number of primary amides is 2. The van der Waals surface area contributed by atoms with Gasteiger partial charge in [0, 0.05) is 180 Å². The van der Waals surface area contributed by atoms with Crippen molar-refractivity contribution in [3.63, 3.8) is 0 Å². The molecule has 0 aliphatic carbocycles. The van der Waals surface area contributed by atoms with Gasteiger partial charge in [-0.15, -0.1) is 0 Å². The van der Waals surface area contributed by atoms with Crippen LogP contribution in [0.5, 0.6) is 0 Å². The van der Waals surface area contributed by atoms with E-state index in [1.165, 1.54) is 6.33 Å². The lowest BCUT2D eigenvalue weighted by atomic mass is 10.0. The van der Waals surface area contributed by atoms with E-state index in [-0.39, 0.29) is 71.8 Å². The summed E-state index contributed by atoms with van der Waals surface area (Å²) < 4.78 is 3.45. The first kappa shape index (κ1) is 86.6. The maximum Gasteiger partial charge on any atom is 0.327 e. The number of nitrogens with one attached hydrogen (secondary N) is 6. The number of hydrogen-bond acceptors (Lipinski definition) is 17. The van der Waals surface area contributed by atoms with Crippen molar-refractivity contribution >= 4 is 97.7 Å². The maximum atomic E-state index is 12.1. The molecule has 38 heteroatoms. The average Bonchev–Trinajstić information content (AvgIpc) is 1.77. The molecule has 0 radical (unpaired) electrons. The Kier molecular flexibility index (Phi) is 32.8. The van der Waals surface area contributed by atoms with Crippen LogP contribution in [0.1, 0.15) is 113 Å². The zero-order chi connectivity index (χ0) is 82.3. The largest absolute Gasteiger partial charge is 0.352 e. The molecule has 115 heavy (non-hydrogen) atoms. The van der Waals surface area contributed by atoms with Crippen LogP contribution < -0.4 is 49.0 Å². The molecule has 6 aromatic rings. The number of aromatic nitrogens is 7. The van der Waals surface area contributed by atoms with Crippen LogP contribution in [-0.4, -0.2) is 301 Å². The number of aromatic amines is 2. The van der Waals surface area contributed by atoms with Gasteiger partial charge in [-0.25, -0.2) is 48.5 Å². The summed E-state index contributed by atoms with van der Waals surface area (Å²) in [5.74, 6) is 0.661. The van der Waals surface area contributed by atoms with Crippen molar-refractivity contribution in [1.29, 1.82) is 0 Å². The fourth-order valence-corrected chi connectivity index (χ4v) is 15.4. The van der Waals surface area contributed by atoms with Gasteiger partial charge in [0.1, 0.15) is 17.7 Å². The molecule has 17 amide bonds. The number of nitrogens with zero attached hydrogens (tertiary/aromatic N) is 16. The highest BCUT2D eigenvalue weighted by molar-refractivity contribution is 5.95. The quantitative estimate of drug-likeness (QED) is 0.0685. The minimum atomic E-state index is -0.487. The van der Waals surface area contributed by atoms with Crippen molar-refractivity contribution in [3.05, 3.63) is 124 Å². The number of urea groups is 5. The van der Waals surface area contributed by atoms with Crippen LogP contribution >= 0.6 is 0 Å². The number of anilines is 2. The lowest BCUT2D eigenvalue weighted by Gasteiger charge is -2.40. The van der Waals surface area contributed by atoms with Crippen molar-refractivity contribution < 1.29 is 57.5 Å². The molecule has 38 nitrogen and oxygen atoms in total. The molecule has 10 N–H and O–H groups in total. The number of carbonyl (C=O) groups excluding carboxylic acids is 12. The topological polar surface area (TPSA) is 455 Å². The molecule has 620 valence electrons. The third-order valence-corrected chi connectivity index (χ3v) is 22.3. The Morgan fingerprint density at radius 1 is 0.513 bits per heavy atom. The van der Waals surface area contributed by atoms with Crippen LogP contribution in [0.25, 0.3) is 22.4 Å². The number of piperidine rings is 7. The van der Waals surface area contributed by atoms with E-state index < -0.39 is 12.1 Å². The number of hydrogen-bond donors (Lipinski definition) is 8. The van der Waals surface area contributed by atoms with Gasteiger partial charge in [0.2, 0.25) is 44.9 Å². The molecule has 15 rings (SSSR count). The van der Waals surface area contributed by atoms with Crippen molar-refractivity contribution in [1.82, 2.24) is 99.0 Å². The minimum absolute atomic E-state index is 0.0248. The van der Waals surface area contributed by atoms with Crippen LogP contribution in [0.15, 0.2) is 101 Å². The summed E-state index contributed by atoms with van der Waals surface area (Å²) in [6.07, 6.45) is 24.1. The third kappa shape index (κ3) is 24.3. The normalized spacial score (nSPS) is 18.3. The van der Waals surface area contributed by atoms with Crippen LogP contribution in [-0.2, 0) is 46.7 Å². The van der Waals surface area contributed by atoms with E-state index in [0.29, 0.717) is 82.4 Å². The van der Waals surface area contributed by atoms with Crippen LogP contribution in [0.4, 0.5) is 35.5 Å². The highest BCUT2D eigenvalue weighted by atomic mass is 16.2. The van der Waals surface area contributed by atoms with Gasteiger partial charge in [-0.3, -0.25) is 52.9 Å². The van der Waals surface area contributed by atoms with Crippen molar-refractivity contribution in [2.45, 2.75) is 145 Å².